The van der Waals surface area contributed by atoms with E-state index in [1.807, 2.05) is 19.1 Å². The number of aryl methyl sites for hydroxylation is 1. The monoisotopic (exact) mass is 376 g/mol. The Morgan fingerprint density at radius 3 is 2.79 bits per heavy atom. The number of benzene rings is 2. The zero-order chi connectivity index (χ0) is 20.1. The van der Waals surface area contributed by atoms with E-state index in [1.165, 1.54) is 6.07 Å². The lowest BCUT2D eigenvalue weighted by Gasteiger charge is -2.15. The van der Waals surface area contributed by atoms with Gasteiger partial charge in [-0.1, -0.05) is 25.5 Å². The molecular weight excluding hydrogens is 356 g/mol. The predicted molar refractivity (Wildman–Crippen MR) is 106 cm³/mol. The molecule has 0 saturated heterocycles. The van der Waals surface area contributed by atoms with Gasteiger partial charge in [0.15, 0.2) is 6.10 Å². The lowest BCUT2D eigenvalue weighted by Crippen LogP contribution is -2.30. The van der Waals surface area contributed by atoms with E-state index in [9.17, 15) is 9.59 Å². The fraction of sp³-hybridized carbons (Fsp3) is 0.227. The molecule has 0 aliphatic carbocycles. The van der Waals surface area contributed by atoms with Crippen LogP contribution in [0.25, 0.3) is 11.0 Å². The van der Waals surface area contributed by atoms with E-state index < -0.39 is 11.7 Å². The summed E-state index contributed by atoms with van der Waals surface area (Å²) >= 11 is 0. The summed E-state index contributed by atoms with van der Waals surface area (Å²) in [6, 6.07) is 15.5. The second kappa shape index (κ2) is 8.40. The number of carbonyl (C=O) groups excluding carboxylic acids is 1. The number of hydrogen-bond donors (Lipinski definition) is 1. The molecule has 28 heavy (non-hydrogen) atoms. The third kappa shape index (κ3) is 4.21. The predicted octanol–water partition coefficient (Wildman–Crippen LogP) is 4.02. The molecule has 0 fully saturated rings. The van der Waals surface area contributed by atoms with E-state index in [0.717, 1.165) is 23.8 Å². The average Bonchev–Trinajstić information content (AvgIpc) is 2.68. The van der Waals surface area contributed by atoms with Gasteiger partial charge in [-0.2, -0.15) is 5.26 Å². The topological polar surface area (TPSA) is 92.3 Å². The van der Waals surface area contributed by atoms with Gasteiger partial charge in [-0.15, -0.1) is 0 Å². The van der Waals surface area contributed by atoms with Crippen molar-refractivity contribution in [2.45, 2.75) is 32.8 Å². The average molecular weight is 376 g/mol. The van der Waals surface area contributed by atoms with Crippen LogP contribution in [0.1, 0.15) is 31.4 Å². The molecule has 0 saturated carbocycles. The molecule has 6 heteroatoms. The lowest BCUT2D eigenvalue weighted by molar-refractivity contribution is -0.122. The van der Waals surface area contributed by atoms with Crippen molar-refractivity contribution in [1.82, 2.24) is 0 Å². The van der Waals surface area contributed by atoms with Crippen LogP contribution < -0.4 is 15.7 Å². The molecule has 3 rings (SSSR count). The number of nitrogens with zero attached hydrogens (tertiary/aromatic N) is 1. The van der Waals surface area contributed by atoms with Crippen molar-refractivity contribution in [3.05, 3.63) is 70.1 Å². The molecule has 0 unspecified atom stereocenters. The minimum absolute atomic E-state index is 0.374. The summed E-state index contributed by atoms with van der Waals surface area (Å²) < 4.78 is 11.0. The second-order valence-corrected chi connectivity index (χ2v) is 6.41. The van der Waals surface area contributed by atoms with Gasteiger partial charge >= 0.3 is 5.63 Å². The van der Waals surface area contributed by atoms with Crippen molar-refractivity contribution >= 4 is 22.6 Å². The molecular formula is C22H20N2O4. The molecule has 2 aromatic carbocycles. The van der Waals surface area contributed by atoms with E-state index in [-0.39, 0.29) is 5.91 Å². The van der Waals surface area contributed by atoms with Gasteiger partial charge in [0.25, 0.3) is 5.91 Å². The minimum Gasteiger partial charge on any atom is -0.481 e. The Bertz CT molecular complexity index is 1110. The number of ether oxygens (including phenoxy) is 1. The molecule has 0 radical (unpaired) electrons. The number of anilines is 1. The number of fused-ring (bicyclic) bond motifs is 1. The number of nitriles is 1. The first-order valence-corrected chi connectivity index (χ1v) is 9.05. The quantitative estimate of drug-likeness (QED) is 0.656. The molecule has 1 atom stereocenters. The molecule has 0 bridgehead atoms. The third-order valence-electron chi connectivity index (χ3n) is 4.31. The van der Waals surface area contributed by atoms with Crippen LogP contribution in [0.2, 0.25) is 0 Å². The van der Waals surface area contributed by atoms with Crippen molar-refractivity contribution in [1.29, 1.82) is 5.26 Å². The number of nitrogens with one attached hydrogen (secondary N) is 1. The Balaban J connectivity index is 1.79. The summed E-state index contributed by atoms with van der Waals surface area (Å²) in [7, 11) is 0. The Hall–Kier alpha value is -3.59. The highest BCUT2D eigenvalue weighted by molar-refractivity contribution is 5.95. The molecule has 6 nitrogen and oxygen atoms in total. The fourth-order valence-electron chi connectivity index (χ4n) is 2.94. The molecule has 1 amide bonds. The molecule has 1 heterocycles. The Labute approximate surface area is 162 Å². The van der Waals surface area contributed by atoms with Gasteiger partial charge in [0.1, 0.15) is 17.4 Å². The first-order valence-electron chi connectivity index (χ1n) is 9.05. The van der Waals surface area contributed by atoms with Crippen molar-refractivity contribution in [2.75, 3.05) is 5.32 Å². The molecule has 3 aromatic rings. The van der Waals surface area contributed by atoms with Gasteiger partial charge < -0.3 is 14.5 Å². The van der Waals surface area contributed by atoms with E-state index >= 15 is 0 Å². The summed E-state index contributed by atoms with van der Waals surface area (Å²) in [5.74, 6) is 0.0319. The van der Waals surface area contributed by atoms with E-state index in [1.54, 1.807) is 43.3 Å². The van der Waals surface area contributed by atoms with Gasteiger partial charge in [-0.05, 0) is 43.2 Å². The zero-order valence-electron chi connectivity index (χ0n) is 15.7. The van der Waals surface area contributed by atoms with Crippen LogP contribution in [0, 0.1) is 11.3 Å². The number of hydrogen-bond acceptors (Lipinski definition) is 5. The number of amides is 1. The van der Waals surface area contributed by atoms with Crippen LogP contribution in [0.3, 0.4) is 0 Å². The summed E-state index contributed by atoms with van der Waals surface area (Å²) in [4.78, 5) is 24.2. The van der Waals surface area contributed by atoms with Crippen molar-refractivity contribution in [3.8, 4) is 11.8 Å². The summed E-state index contributed by atoms with van der Waals surface area (Å²) in [5.41, 5.74) is 1.75. The van der Waals surface area contributed by atoms with Crippen molar-refractivity contribution in [2.24, 2.45) is 0 Å². The normalized spacial score (nSPS) is 11.6. The van der Waals surface area contributed by atoms with E-state index in [2.05, 4.69) is 5.32 Å². The molecule has 0 aliphatic rings. The number of rotatable bonds is 6. The van der Waals surface area contributed by atoms with E-state index in [4.69, 9.17) is 14.4 Å². The molecule has 1 aromatic heterocycles. The highest BCUT2D eigenvalue weighted by atomic mass is 16.5. The van der Waals surface area contributed by atoms with Crippen molar-refractivity contribution in [3.63, 3.8) is 0 Å². The largest absolute Gasteiger partial charge is 0.481 e. The molecule has 1 N–H and O–H groups in total. The first kappa shape index (κ1) is 19.2. The zero-order valence-corrected chi connectivity index (χ0v) is 15.7. The Morgan fingerprint density at radius 2 is 2.04 bits per heavy atom. The molecule has 0 spiro atoms. The summed E-state index contributed by atoms with van der Waals surface area (Å²) in [5, 5.41) is 12.7. The Morgan fingerprint density at radius 1 is 1.25 bits per heavy atom. The number of carbonyl (C=O) groups is 1. The van der Waals surface area contributed by atoms with Gasteiger partial charge in [0, 0.05) is 17.5 Å². The summed E-state index contributed by atoms with van der Waals surface area (Å²) in [6.45, 7) is 3.65. The molecule has 0 aliphatic heterocycles. The fourth-order valence-corrected chi connectivity index (χ4v) is 2.94. The second-order valence-electron chi connectivity index (χ2n) is 6.41. The van der Waals surface area contributed by atoms with Crippen LogP contribution in [0.5, 0.6) is 5.75 Å². The van der Waals surface area contributed by atoms with Crippen molar-refractivity contribution < 1.29 is 13.9 Å². The molecule has 142 valence electrons. The maximum Gasteiger partial charge on any atom is 0.336 e. The van der Waals surface area contributed by atoms with E-state index in [0.29, 0.717) is 22.6 Å². The smallest absolute Gasteiger partial charge is 0.336 e. The Kier molecular flexibility index (Phi) is 5.75. The minimum atomic E-state index is -0.810. The SMILES string of the molecule is CCCc1cc(=O)oc2cc(O[C@H](C)C(=O)Nc3ccccc3C#N)ccc12. The highest BCUT2D eigenvalue weighted by Gasteiger charge is 2.17. The first-order chi connectivity index (χ1) is 13.5. The van der Waals surface area contributed by atoms with Crippen LogP contribution in [-0.4, -0.2) is 12.0 Å². The maximum atomic E-state index is 12.4. The lowest BCUT2D eigenvalue weighted by atomic mass is 10.1. The van der Waals surface area contributed by atoms with Gasteiger partial charge in [0.2, 0.25) is 0 Å². The number of para-hydroxylation sites is 1. The maximum absolute atomic E-state index is 12.4. The third-order valence-corrected chi connectivity index (χ3v) is 4.31. The van der Waals surface area contributed by atoms with Crippen LogP contribution in [0.15, 0.2) is 57.7 Å². The standard InChI is InChI=1S/C22H20N2O4/c1-3-6-15-11-21(25)28-20-12-17(9-10-18(15)20)27-14(2)22(26)24-19-8-5-4-7-16(19)13-23/h4-5,7-12,14H,3,6H2,1-2H3,(H,24,26)/t14-/m1/s1. The van der Waals surface area contributed by atoms with Gasteiger partial charge in [-0.3, -0.25) is 4.79 Å². The van der Waals surface area contributed by atoms with Gasteiger partial charge in [-0.25, -0.2) is 4.79 Å². The van der Waals surface area contributed by atoms with Crippen LogP contribution in [-0.2, 0) is 11.2 Å². The highest BCUT2D eigenvalue weighted by Crippen LogP contribution is 2.24. The van der Waals surface area contributed by atoms with Crippen LogP contribution in [0.4, 0.5) is 5.69 Å². The van der Waals surface area contributed by atoms with Crippen LogP contribution >= 0.6 is 0 Å². The summed E-state index contributed by atoms with van der Waals surface area (Å²) in [6.07, 6.45) is 0.882. The van der Waals surface area contributed by atoms with Gasteiger partial charge in [0.05, 0.1) is 11.3 Å².